The Morgan fingerprint density at radius 3 is 2.45 bits per heavy atom. The van der Waals surface area contributed by atoms with Crippen LogP contribution in [0, 0.1) is 17.5 Å². The molecule has 42 heavy (non-hydrogen) atoms. The molecule has 1 amide bonds. The van der Waals surface area contributed by atoms with Gasteiger partial charge in [0.15, 0.2) is 0 Å². The van der Waals surface area contributed by atoms with Gasteiger partial charge in [0.25, 0.3) is 5.91 Å². The van der Waals surface area contributed by atoms with E-state index in [4.69, 9.17) is 9.15 Å². The first-order valence-corrected chi connectivity index (χ1v) is 12.6. The van der Waals surface area contributed by atoms with Gasteiger partial charge in [-0.15, -0.1) is 10.2 Å². The van der Waals surface area contributed by atoms with Gasteiger partial charge in [0, 0.05) is 40.8 Å². The molecule has 1 aliphatic heterocycles. The van der Waals surface area contributed by atoms with E-state index < -0.39 is 35.4 Å². The quantitative estimate of drug-likeness (QED) is 0.257. The number of nitrogens with one attached hydrogen (secondary N) is 2. The average Bonchev–Trinajstić information content (AvgIpc) is 3.64. The molecule has 9 nitrogen and oxygen atoms in total. The van der Waals surface area contributed by atoms with E-state index in [0.29, 0.717) is 33.6 Å². The van der Waals surface area contributed by atoms with Gasteiger partial charge in [-0.3, -0.25) is 9.89 Å². The number of esters is 1. The second-order valence-electron chi connectivity index (χ2n) is 9.40. The lowest BCUT2D eigenvalue weighted by molar-refractivity contribution is 0.0600. The molecule has 0 bridgehead atoms. The summed E-state index contributed by atoms with van der Waals surface area (Å²) in [5, 5.41) is 18.1. The number of fused-ring (bicyclic) bond motifs is 1. The molecule has 0 radical (unpaired) electrons. The zero-order valence-electron chi connectivity index (χ0n) is 21.8. The lowest BCUT2D eigenvalue weighted by atomic mass is 9.89. The Labute approximate surface area is 236 Å². The van der Waals surface area contributed by atoms with Crippen molar-refractivity contribution in [3.8, 4) is 22.6 Å². The van der Waals surface area contributed by atoms with Crippen LogP contribution < -0.4 is 5.32 Å². The Bertz CT molecular complexity index is 1850. The molecule has 210 valence electrons. The Morgan fingerprint density at radius 2 is 1.71 bits per heavy atom. The maximum atomic E-state index is 14.7. The lowest BCUT2D eigenvalue weighted by Gasteiger charge is -2.26. The molecule has 0 aliphatic carbocycles. The molecule has 0 fully saturated rings. The second-order valence-corrected chi connectivity index (χ2v) is 9.40. The van der Waals surface area contributed by atoms with Crippen LogP contribution in [0.3, 0.4) is 0 Å². The largest absolute Gasteiger partial charge is 0.465 e. The van der Waals surface area contributed by atoms with Crippen molar-refractivity contribution in [1.29, 1.82) is 0 Å². The minimum Gasteiger partial charge on any atom is -0.465 e. The van der Waals surface area contributed by atoms with Gasteiger partial charge in [0.2, 0.25) is 11.8 Å². The summed E-state index contributed by atoms with van der Waals surface area (Å²) in [4.78, 5) is 24.8. The van der Waals surface area contributed by atoms with Gasteiger partial charge in [-0.05, 0) is 54.1 Å². The number of amides is 1. The zero-order chi connectivity index (χ0) is 29.4. The van der Waals surface area contributed by atoms with Crippen molar-refractivity contribution in [2.24, 2.45) is 0 Å². The van der Waals surface area contributed by atoms with Crippen LogP contribution in [-0.4, -0.2) is 39.4 Å². The molecule has 6 rings (SSSR count). The van der Waals surface area contributed by atoms with E-state index in [-0.39, 0.29) is 29.3 Å². The summed E-state index contributed by atoms with van der Waals surface area (Å²) in [5.41, 5.74) is 2.94. The summed E-state index contributed by atoms with van der Waals surface area (Å²) >= 11 is 0. The molecule has 12 heteroatoms. The molecular weight excluding hydrogens is 551 g/mol. The minimum atomic E-state index is -0.844. The van der Waals surface area contributed by atoms with Crippen molar-refractivity contribution in [3.05, 3.63) is 112 Å². The van der Waals surface area contributed by atoms with Gasteiger partial charge in [-0.1, -0.05) is 12.1 Å². The van der Waals surface area contributed by atoms with Crippen molar-refractivity contribution in [3.63, 3.8) is 0 Å². The predicted molar refractivity (Wildman–Crippen MR) is 144 cm³/mol. The molecule has 0 saturated heterocycles. The van der Waals surface area contributed by atoms with Gasteiger partial charge in [-0.25, -0.2) is 18.0 Å². The Hall–Kier alpha value is -5.52. The molecule has 1 aliphatic rings. The standard InChI is InChI=1S/C30H20F3N5O4/c1-41-30(40)17-4-2-15(3-5-17)26-23(10-11-25-36-38-29(42-25)16-6-8-18(31)9-7-16)35-37-27(26)24-14-20-21(28(39)34-24)12-19(32)13-22(20)33/h2-13,24H,14H2,1H3,(H,34,39)(H,35,37)/b11-10+. The fraction of sp³-hybridized carbons (Fsp3) is 0.100. The first kappa shape index (κ1) is 26.7. The van der Waals surface area contributed by atoms with Crippen molar-refractivity contribution >= 4 is 24.0 Å². The van der Waals surface area contributed by atoms with Crippen LogP contribution in [0.1, 0.15) is 49.6 Å². The Kier molecular flexibility index (Phi) is 6.87. The summed E-state index contributed by atoms with van der Waals surface area (Å²) in [7, 11) is 1.28. The number of hydrogen-bond donors (Lipinski definition) is 2. The maximum absolute atomic E-state index is 14.7. The second kappa shape index (κ2) is 10.8. The number of halogens is 3. The number of rotatable bonds is 6. The van der Waals surface area contributed by atoms with E-state index in [0.717, 1.165) is 12.1 Å². The van der Waals surface area contributed by atoms with Crippen LogP contribution in [0.4, 0.5) is 13.2 Å². The van der Waals surface area contributed by atoms with Gasteiger partial charge in [0.1, 0.15) is 17.5 Å². The lowest BCUT2D eigenvalue weighted by Crippen LogP contribution is -2.36. The number of carbonyl (C=O) groups is 2. The van der Waals surface area contributed by atoms with E-state index in [9.17, 15) is 22.8 Å². The van der Waals surface area contributed by atoms with Crippen LogP contribution in [0.2, 0.25) is 0 Å². The number of carbonyl (C=O) groups excluding carboxylic acids is 2. The van der Waals surface area contributed by atoms with E-state index in [2.05, 4.69) is 25.7 Å². The molecule has 5 aromatic rings. The van der Waals surface area contributed by atoms with Crippen molar-refractivity contribution in [2.75, 3.05) is 7.11 Å². The molecule has 1 atom stereocenters. The summed E-state index contributed by atoms with van der Waals surface area (Å²) in [5.74, 6) is -2.86. The topological polar surface area (TPSA) is 123 Å². The van der Waals surface area contributed by atoms with Crippen molar-refractivity contribution in [2.45, 2.75) is 12.5 Å². The smallest absolute Gasteiger partial charge is 0.337 e. The molecule has 0 spiro atoms. The first-order valence-electron chi connectivity index (χ1n) is 12.6. The number of methoxy groups -OCH3 is 1. The van der Waals surface area contributed by atoms with Crippen LogP contribution in [0.5, 0.6) is 0 Å². The summed E-state index contributed by atoms with van der Waals surface area (Å²) in [6, 6.07) is 13.1. The summed E-state index contributed by atoms with van der Waals surface area (Å²) in [6.45, 7) is 0. The van der Waals surface area contributed by atoms with Gasteiger partial charge in [0.05, 0.1) is 30.1 Å². The zero-order valence-corrected chi connectivity index (χ0v) is 21.8. The van der Waals surface area contributed by atoms with E-state index >= 15 is 0 Å². The van der Waals surface area contributed by atoms with Crippen LogP contribution in [0.25, 0.3) is 34.7 Å². The highest BCUT2D eigenvalue weighted by Gasteiger charge is 2.32. The third-order valence-corrected chi connectivity index (χ3v) is 6.80. The molecule has 1 unspecified atom stereocenters. The Balaban J connectivity index is 1.38. The van der Waals surface area contributed by atoms with Gasteiger partial charge < -0.3 is 14.5 Å². The Morgan fingerprint density at radius 1 is 0.976 bits per heavy atom. The highest BCUT2D eigenvalue weighted by Crippen LogP contribution is 2.36. The van der Waals surface area contributed by atoms with Gasteiger partial charge in [-0.2, -0.15) is 5.10 Å². The monoisotopic (exact) mass is 571 g/mol. The van der Waals surface area contributed by atoms with Gasteiger partial charge >= 0.3 is 5.97 Å². The van der Waals surface area contributed by atoms with Crippen LogP contribution in [0.15, 0.2) is 65.1 Å². The predicted octanol–water partition coefficient (Wildman–Crippen LogP) is 5.53. The summed E-state index contributed by atoms with van der Waals surface area (Å²) < 4.78 is 52.2. The van der Waals surface area contributed by atoms with Crippen LogP contribution in [-0.2, 0) is 11.2 Å². The highest BCUT2D eigenvalue weighted by molar-refractivity contribution is 5.97. The number of benzene rings is 3. The molecule has 2 aromatic heterocycles. The normalized spacial score (nSPS) is 14.6. The number of hydrogen-bond acceptors (Lipinski definition) is 7. The number of ether oxygens (including phenoxy) is 1. The fourth-order valence-electron chi connectivity index (χ4n) is 4.78. The SMILES string of the molecule is COC(=O)c1ccc(-c2c(/C=C/c3nnc(-c4ccc(F)cc4)o3)n[nH]c2C2Cc3c(F)cc(F)cc3C(=O)N2)cc1. The highest BCUT2D eigenvalue weighted by atomic mass is 19.1. The van der Waals surface area contributed by atoms with E-state index in [1.807, 2.05) is 0 Å². The first-order chi connectivity index (χ1) is 20.3. The molecule has 3 heterocycles. The number of aromatic amines is 1. The fourth-order valence-corrected chi connectivity index (χ4v) is 4.78. The number of aromatic nitrogens is 4. The number of nitrogens with zero attached hydrogens (tertiary/aromatic N) is 3. The van der Waals surface area contributed by atoms with Crippen molar-refractivity contribution < 1.29 is 31.9 Å². The third kappa shape index (κ3) is 5.05. The minimum absolute atomic E-state index is 0.0382. The van der Waals surface area contributed by atoms with Crippen molar-refractivity contribution in [1.82, 2.24) is 25.7 Å². The number of H-pyrrole nitrogens is 1. The van der Waals surface area contributed by atoms with E-state index in [1.54, 1.807) is 30.3 Å². The average molecular weight is 572 g/mol. The molecule has 2 N–H and O–H groups in total. The van der Waals surface area contributed by atoms with E-state index in [1.165, 1.54) is 37.5 Å². The maximum Gasteiger partial charge on any atom is 0.337 e. The molecule has 3 aromatic carbocycles. The molecule has 0 saturated carbocycles. The molecular formula is C30H20F3N5O4. The van der Waals surface area contributed by atoms with Crippen LogP contribution >= 0.6 is 0 Å². The third-order valence-electron chi connectivity index (χ3n) is 6.80. The summed E-state index contributed by atoms with van der Waals surface area (Å²) in [6.07, 6.45) is 3.18.